The summed E-state index contributed by atoms with van der Waals surface area (Å²) in [6.45, 7) is 6.83. The molecule has 21 heavy (non-hydrogen) atoms. The summed E-state index contributed by atoms with van der Waals surface area (Å²) in [5.74, 6) is 1.59. The molecule has 0 amide bonds. The van der Waals surface area contributed by atoms with Crippen molar-refractivity contribution in [1.29, 1.82) is 0 Å². The van der Waals surface area contributed by atoms with E-state index in [0.29, 0.717) is 13.2 Å². The number of hydrogen-bond acceptors (Lipinski definition) is 4. The largest absolute Gasteiger partial charge is 0.490 e. The fraction of sp³-hybridized carbons (Fsp3) is 0.438. The Kier molecular flexibility index (Phi) is 5.63. The van der Waals surface area contributed by atoms with E-state index < -0.39 is 0 Å². The molecule has 5 nitrogen and oxygen atoms in total. The van der Waals surface area contributed by atoms with Crippen LogP contribution in [0.3, 0.4) is 0 Å². The lowest BCUT2D eigenvalue weighted by Crippen LogP contribution is -2.13. The van der Waals surface area contributed by atoms with Crippen LogP contribution in [-0.4, -0.2) is 22.7 Å². The summed E-state index contributed by atoms with van der Waals surface area (Å²) in [4.78, 5) is 4.10. The van der Waals surface area contributed by atoms with Crippen LogP contribution >= 0.6 is 0 Å². The minimum atomic E-state index is 0.472. The van der Waals surface area contributed by atoms with Crippen LogP contribution in [0.15, 0.2) is 30.7 Å². The Morgan fingerprint density at radius 2 is 2.10 bits per heavy atom. The molecule has 1 aromatic heterocycles. The van der Waals surface area contributed by atoms with Gasteiger partial charge in [0.05, 0.1) is 24.8 Å². The summed E-state index contributed by atoms with van der Waals surface area (Å²) >= 11 is 0. The Hall–Kier alpha value is -2.01. The summed E-state index contributed by atoms with van der Waals surface area (Å²) in [6.07, 6.45) is 3.58. The third kappa shape index (κ3) is 3.98. The van der Waals surface area contributed by atoms with E-state index in [1.54, 1.807) is 6.33 Å². The van der Waals surface area contributed by atoms with Gasteiger partial charge in [-0.1, -0.05) is 19.1 Å². The number of aromatic nitrogens is 2. The Bertz CT molecular complexity index is 566. The predicted octanol–water partition coefficient (Wildman–Crippen LogP) is 2.51. The van der Waals surface area contributed by atoms with Crippen LogP contribution in [0.1, 0.15) is 25.1 Å². The maximum Gasteiger partial charge on any atom is 0.166 e. The molecule has 0 radical (unpaired) electrons. The molecule has 1 aromatic carbocycles. The van der Waals surface area contributed by atoms with Crippen molar-refractivity contribution < 1.29 is 9.47 Å². The molecular formula is C16H23N3O2. The van der Waals surface area contributed by atoms with E-state index in [0.717, 1.165) is 35.8 Å². The summed E-state index contributed by atoms with van der Waals surface area (Å²) in [7, 11) is 1.96. The van der Waals surface area contributed by atoms with Gasteiger partial charge in [0.2, 0.25) is 0 Å². The lowest BCUT2D eigenvalue weighted by molar-refractivity contribution is 0.261. The first-order chi connectivity index (χ1) is 10.3. The van der Waals surface area contributed by atoms with Gasteiger partial charge in [-0.25, -0.2) is 4.98 Å². The molecule has 0 aliphatic rings. The van der Waals surface area contributed by atoms with Gasteiger partial charge >= 0.3 is 0 Å². The van der Waals surface area contributed by atoms with Crippen molar-refractivity contribution in [2.75, 3.05) is 13.2 Å². The molecule has 2 rings (SSSR count). The molecule has 1 heterocycles. The van der Waals surface area contributed by atoms with E-state index in [-0.39, 0.29) is 0 Å². The number of aryl methyl sites for hydroxylation is 1. The molecule has 114 valence electrons. The highest BCUT2D eigenvalue weighted by Gasteiger charge is 2.12. The summed E-state index contributed by atoms with van der Waals surface area (Å²) < 4.78 is 13.7. The van der Waals surface area contributed by atoms with Gasteiger partial charge in [-0.05, 0) is 19.5 Å². The number of para-hydroxylation sites is 1. The molecule has 5 heteroatoms. The Balaban J connectivity index is 2.18. The first-order valence-corrected chi connectivity index (χ1v) is 7.29. The number of benzene rings is 1. The van der Waals surface area contributed by atoms with Crippen molar-refractivity contribution in [1.82, 2.24) is 14.9 Å². The first-order valence-electron chi connectivity index (χ1n) is 7.29. The van der Waals surface area contributed by atoms with Gasteiger partial charge in [-0.15, -0.1) is 0 Å². The minimum Gasteiger partial charge on any atom is -0.490 e. The highest BCUT2D eigenvalue weighted by Crippen LogP contribution is 2.32. The average molecular weight is 289 g/mol. The van der Waals surface area contributed by atoms with Crippen molar-refractivity contribution in [3.63, 3.8) is 0 Å². The first kappa shape index (κ1) is 15.4. The average Bonchev–Trinajstić information content (AvgIpc) is 2.89. The predicted molar refractivity (Wildman–Crippen MR) is 82.5 cm³/mol. The molecule has 0 aliphatic carbocycles. The van der Waals surface area contributed by atoms with Crippen molar-refractivity contribution in [3.05, 3.63) is 42.0 Å². The van der Waals surface area contributed by atoms with Crippen molar-refractivity contribution in [2.24, 2.45) is 7.05 Å². The second kappa shape index (κ2) is 7.69. The lowest BCUT2D eigenvalue weighted by atomic mass is 10.2. The van der Waals surface area contributed by atoms with Crippen molar-refractivity contribution in [2.45, 2.75) is 27.0 Å². The van der Waals surface area contributed by atoms with E-state index in [1.165, 1.54) is 0 Å². The number of imidazole rings is 1. The van der Waals surface area contributed by atoms with Gasteiger partial charge in [0.25, 0.3) is 0 Å². The fourth-order valence-electron chi connectivity index (χ4n) is 2.06. The molecule has 0 spiro atoms. The van der Waals surface area contributed by atoms with E-state index >= 15 is 0 Å². The monoisotopic (exact) mass is 289 g/mol. The molecular weight excluding hydrogens is 266 g/mol. The summed E-state index contributed by atoms with van der Waals surface area (Å²) in [5, 5.41) is 3.33. The molecule has 0 fully saturated rings. The topological polar surface area (TPSA) is 48.3 Å². The smallest absolute Gasteiger partial charge is 0.166 e. The van der Waals surface area contributed by atoms with E-state index in [1.807, 2.05) is 36.9 Å². The zero-order valence-electron chi connectivity index (χ0n) is 12.9. The highest BCUT2D eigenvalue weighted by atomic mass is 16.5. The molecule has 1 N–H and O–H groups in total. The number of ether oxygens (including phenoxy) is 2. The zero-order valence-corrected chi connectivity index (χ0v) is 12.9. The molecule has 0 aliphatic heterocycles. The Labute approximate surface area is 125 Å². The quantitative estimate of drug-likeness (QED) is 0.811. The highest BCUT2D eigenvalue weighted by molar-refractivity contribution is 5.46. The molecule has 0 saturated carbocycles. The maximum atomic E-state index is 6.02. The van der Waals surface area contributed by atoms with Crippen LogP contribution in [-0.2, 0) is 20.2 Å². The lowest BCUT2D eigenvalue weighted by Gasteiger charge is -2.16. The Morgan fingerprint density at radius 1 is 1.24 bits per heavy atom. The van der Waals surface area contributed by atoms with Gasteiger partial charge in [-0.2, -0.15) is 0 Å². The van der Waals surface area contributed by atoms with Gasteiger partial charge in [0, 0.05) is 19.2 Å². The SMILES string of the molecule is CCNCc1cccc(OCC)c1OCc1cncn1C. The number of hydrogen-bond donors (Lipinski definition) is 1. The molecule has 0 bridgehead atoms. The summed E-state index contributed by atoms with van der Waals surface area (Å²) in [6, 6.07) is 6.00. The minimum absolute atomic E-state index is 0.472. The van der Waals surface area contributed by atoms with Gasteiger partial charge in [0.15, 0.2) is 11.5 Å². The molecule has 0 saturated heterocycles. The maximum absolute atomic E-state index is 6.02. The van der Waals surface area contributed by atoms with Crippen molar-refractivity contribution >= 4 is 0 Å². The normalized spacial score (nSPS) is 10.6. The van der Waals surface area contributed by atoms with Gasteiger partial charge in [-0.3, -0.25) is 0 Å². The summed E-state index contributed by atoms with van der Waals surface area (Å²) in [5.41, 5.74) is 2.13. The number of nitrogens with zero attached hydrogens (tertiary/aromatic N) is 2. The third-order valence-corrected chi connectivity index (χ3v) is 3.21. The van der Waals surface area contributed by atoms with Crippen LogP contribution in [0.2, 0.25) is 0 Å². The molecule has 2 aromatic rings. The third-order valence-electron chi connectivity index (χ3n) is 3.21. The van der Waals surface area contributed by atoms with E-state index in [9.17, 15) is 0 Å². The van der Waals surface area contributed by atoms with Crippen LogP contribution in [0.4, 0.5) is 0 Å². The Morgan fingerprint density at radius 3 is 2.76 bits per heavy atom. The molecule has 0 atom stereocenters. The van der Waals surface area contributed by atoms with Crippen LogP contribution in [0.25, 0.3) is 0 Å². The van der Waals surface area contributed by atoms with Crippen LogP contribution in [0.5, 0.6) is 11.5 Å². The standard InChI is InChI=1S/C16H23N3O2/c1-4-17-9-13-7-6-8-15(20-5-2)16(13)21-11-14-10-18-12-19(14)3/h6-8,10,12,17H,4-5,9,11H2,1-3H3. The van der Waals surface area contributed by atoms with Gasteiger partial charge in [0.1, 0.15) is 6.61 Å². The second-order valence-electron chi connectivity index (χ2n) is 4.74. The van der Waals surface area contributed by atoms with Crippen LogP contribution < -0.4 is 14.8 Å². The fourth-order valence-corrected chi connectivity index (χ4v) is 2.06. The van der Waals surface area contributed by atoms with E-state index in [2.05, 4.69) is 23.3 Å². The number of nitrogens with one attached hydrogen (secondary N) is 1. The van der Waals surface area contributed by atoms with Gasteiger partial charge < -0.3 is 19.4 Å². The zero-order chi connectivity index (χ0) is 15.1. The van der Waals surface area contributed by atoms with E-state index in [4.69, 9.17) is 9.47 Å². The number of rotatable bonds is 8. The molecule has 0 unspecified atom stereocenters. The second-order valence-corrected chi connectivity index (χ2v) is 4.74. The van der Waals surface area contributed by atoms with Crippen LogP contribution in [0, 0.1) is 0 Å². The van der Waals surface area contributed by atoms with Crippen molar-refractivity contribution in [3.8, 4) is 11.5 Å².